The van der Waals surface area contributed by atoms with Crippen LogP contribution in [0.2, 0.25) is 0 Å². The van der Waals surface area contributed by atoms with Crippen molar-refractivity contribution < 1.29 is 65.4 Å². The van der Waals surface area contributed by atoms with E-state index >= 15 is 0 Å². The second-order valence-corrected chi connectivity index (χ2v) is 3.97. The first-order valence-electron chi connectivity index (χ1n) is 6.10. The van der Waals surface area contributed by atoms with Crippen LogP contribution >= 0.6 is 0 Å². The van der Waals surface area contributed by atoms with Gasteiger partial charge in [0.25, 0.3) is 0 Å². The van der Waals surface area contributed by atoms with Crippen LogP contribution in [-0.4, -0.2) is 0 Å². The van der Waals surface area contributed by atoms with Crippen LogP contribution in [0, 0.1) is 32.1 Å². The van der Waals surface area contributed by atoms with E-state index in [-0.39, 0.29) is 65.4 Å². The second kappa shape index (κ2) is 31.8. The van der Waals surface area contributed by atoms with Crippen LogP contribution in [0.25, 0.3) is 0 Å². The van der Waals surface area contributed by atoms with Crippen molar-refractivity contribution in [2.24, 2.45) is 5.92 Å². The standard InChI is InChI=1S/C8H11.C4H9.C4H6.C2H2.2Y/c1-8-6-4-2-3-5-7-8;1-4(2)3;1-3-4-2;1-2;;/h2-3,6H,1,4-5,7H2;4H,1H2,2-3H3;3-4H,1-2H2;1-2H;;/q2*-1;;;;. The summed E-state index contributed by atoms with van der Waals surface area (Å²) >= 11 is 0. The molecule has 2 radical (unpaired) electrons. The van der Waals surface area contributed by atoms with Crippen molar-refractivity contribution >= 4 is 0 Å². The summed E-state index contributed by atoms with van der Waals surface area (Å²) in [6, 6.07) is 0. The summed E-state index contributed by atoms with van der Waals surface area (Å²) in [5.74, 6) is 0.583. The molecule has 0 fully saturated rings. The molecule has 2 heteroatoms. The van der Waals surface area contributed by atoms with Gasteiger partial charge in [-0.25, -0.2) is 18.6 Å². The Bertz CT molecular complexity index is 227. The van der Waals surface area contributed by atoms with Gasteiger partial charge in [0.15, 0.2) is 0 Å². The number of terminal acetylenes is 1. The summed E-state index contributed by atoms with van der Waals surface area (Å²) in [6.45, 7) is 18.4. The van der Waals surface area contributed by atoms with Gasteiger partial charge < -0.3 is 6.92 Å². The van der Waals surface area contributed by atoms with Crippen molar-refractivity contribution in [1.29, 1.82) is 0 Å². The first-order chi connectivity index (χ1) is 8.54. The molecule has 0 spiro atoms. The zero-order chi connectivity index (χ0) is 14.8. The van der Waals surface area contributed by atoms with E-state index in [1.807, 2.05) is 0 Å². The smallest absolute Gasteiger partial charge is 0 e. The zero-order valence-corrected chi connectivity index (χ0v) is 18.9. The molecule has 0 bridgehead atoms. The number of allylic oxidation sites excluding steroid dienone is 5. The Morgan fingerprint density at radius 3 is 1.95 bits per heavy atom. The van der Waals surface area contributed by atoms with Gasteiger partial charge >= 0.3 is 0 Å². The van der Waals surface area contributed by atoms with Gasteiger partial charge in [-0.1, -0.05) is 58.1 Å². The third kappa shape index (κ3) is 51.3. The molecule has 1 rings (SSSR count). The minimum absolute atomic E-state index is 0. The van der Waals surface area contributed by atoms with Gasteiger partial charge in [-0.2, -0.15) is 5.92 Å². The molecule has 0 amide bonds. The first-order valence-corrected chi connectivity index (χ1v) is 6.10. The molecule has 20 heavy (non-hydrogen) atoms. The molecule has 0 heterocycles. The monoisotopic (exact) mass is 422 g/mol. The molecule has 0 N–H and O–H groups in total. The van der Waals surface area contributed by atoms with Crippen molar-refractivity contribution in [2.75, 3.05) is 0 Å². The predicted molar refractivity (Wildman–Crippen MR) is 86.9 cm³/mol. The Hall–Kier alpha value is 0.598. The van der Waals surface area contributed by atoms with E-state index in [0.717, 1.165) is 12.8 Å². The second-order valence-electron chi connectivity index (χ2n) is 3.97. The molecule has 0 aromatic heterocycles. The van der Waals surface area contributed by atoms with E-state index in [9.17, 15) is 0 Å². The van der Waals surface area contributed by atoms with Gasteiger partial charge in [-0.15, -0.1) is 18.9 Å². The summed E-state index contributed by atoms with van der Waals surface area (Å²) < 4.78 is 0. The molecule has 0 aliphatic heterocycles. The van der Waals surface area contributed by atoms with Gasteiger partial charge in [-0.05, 0) is 6.42 Å². The molecule has 0 nitrogen and oxygen atoms in total. The van der Waals surface area contributed by atoms with Crippen LogP contribution in [0.5, 0.6) is 0 Å². The third-order valence-corrected chi connectivity index (χ3v) is 1.51. The fraction of sp³-hybridized carbons (Fsp3) is 0.333. The molecule has 0 saturated carbocycles. The van der Waals surface area contributed by atoms with Crippen LogP contribution in [0.15, 0.2) is 49.6 Å². The predicted octanol–water partition coefficient (Wildman–Crippen LogP) is 5.57. The summed E-state index contributed by atoms with van der Waals surface area (Å²) in [4.78, 5) is 0. The van der Waals surface area contributed by atoms with E-state index in [1.54, 1.807) is 12.2 Å². The van der Waals surface area contributed by atoms with E-state index in [1.165, 1.54) is 12.0 Å². The molecule has 0 aromatic carbocycles. The quantitative estimate of drug-likeness (QED) is 0.225. The molecule has 108 valence electrons. The van der Waals surface area contributed by atoms with Crippen molar-refractivity contribution in [3.8, 4) is 12.8 Å². The largest absolute Gasteiger partial charge is 0.341 e. The zero-order valence-electron chi connectivity index (χ0n) is 13.2. The Labute approximate surface area is 178 Å². The van der Waals surface area contributed by atoms with Crippen molar-refractivity contribution in [3.05, 3.63) is 63.0 Å². The molecular weight excluding hydrogens is 394 g/mol. The summed E-state index contributed by atoms with van der Waals surface area (Å²) in [5.41, 5.74) is 1.29. The third-order valence-electron chi connectivity index (χ3n) is 1.51. The molecule has 0 atom stereocenters. The van der Waals surface area contributed by atoms with E-state index in [2.05, 4.69) is 71.9 Å². The van der Waals surface area contributed by atoms with Crippen molar-refractivity contribution in [1.82, 2.24) is 0 Å². The van der Waals surface area contributed by atoms with Gasteiger partial charge in [0.05, 0.1) is 0 Å². The molecular formula is C18H28Y2-2. The maximum atomic E-state index is 4.00. The van der Waals surface area contributed by atoms with Crippen molar-refractivity contribution in [2.45, 2.75) is 33.1 Å². The summed E-state index contributed by atoms with van der Waals surface area (Å²) in [5, 5.41) is 0. The molecule has 1 aliphatic rings. The van der Waals surface area contributed by atoms with Crippen molar-refractivity contribution in [3.63, 3.8) is 0 Å². The topological polar surface area (TPSA) is 0 Å². The van der Waals surface area contributed by atoms with Crippen LogP contribution in [-0.2, 0) is 65.4 Å². The van der Waals surface area contributed by atoms with Crippen LogP contribution in [0.3, 0.4) is 0 Å². The van der Waals surface area contributed by atoms with Crippen LogP contribution in [0.4, 0.5) is 0 Å². The summed E-state index contributed by atoms with van der Waals surface area (Å²) in [6.07, 6.45) is 21.3. The number of rotatable bonds is 1. The number of hydrogen-bond donors (Lipinski definition) is 0. The number of hydrogen-bond acceptors (Lipinski definition) is 0. The van der Waals surface area contributed by atoms with Crippen LogP contribution in [0.1, 0.15) is 33.1 Å². The Morgan fingerprint density at radius 1 is 1.20 bits per heavy atom. The molecule has 0 aromatic rings. The molecule has 1 aliphatic carbocycles. The van der Waals surface area contributed by atoms with Gasteiger partial charge in [0.2, 0.25) is 0 Å². The minimum atomic E-state index is 0. The SMILES string of the molecule is C#C.C=C1[CH-]CC=CCC1.C=CC=C.[CH2-]C(C)C.[Y].[Y]. The van der Waals surface area contributed by atoms with E-state index < -0.39 is 0 Å². The van der Waals surface area contributed by atoms with Gasteiger partial charge in [0, 0.05) is 65.4 Å². The normalized spacial score (nSPS) is 10.8. The Morgan fingerprint density at radius 2 is 1.60 bits per heavy atom. The molecule has 0 unspecified atom stereocenters. The van der Waals surface area contributed by atoms with E-state index in [4.69, 9.17) is 0 Å². The minimum Gasteiger partial charge on any atom is -0.341 e. The summed E-state index contributed by atoms with van der Waals surface area (Å²) in [7, 11) is 0. The first kappa shape index (κ1) is 32.5. The fourth-order valence-corrected chi connectivity index (χ4v) is 0.820. The Kier molecular flexibility index (Phi) is 51.7. The maximum Gasteiger partial charge on any atom is 0 e. The molecule has 0 saturated heterocycles. The fourth-order valence-electron chi connectivity index (χ4n) is 0.820. The van der Waals surface area contributed by atoms with E-state index in [0.29, 0.717) is 5.92 Å². The van der Waals surface area contributed by atoms with Gasteiger partial charge in [0.1, 0.15) is 0 Å². The van der Waals surface area contributed by atoms with Gasteiger partial charge in [-0.3, -0.25) is 0 Å². The van der Waals surface area contributed by atoms with Crippen LogP contribution < -0.4 is 0 Å². The Balaban J connectivity index is -0.0000000549. The average Bonchev–Trinajstić information content (AvgIpc) is 2.59. The average molecular weight is 422 g/mol. The maximum absolute atomic E-state index is 4.00.